The first-order valence-electron chi connectivity index (χ1n) is 8.54. The lowest BCUT2D eigenvalue weighted by atomic mass is 10.0. The number of nitrogens with zero attached hydrogens (tertiary/aromatic N) is 1. The number of amides is 1. The van der Waals surface area contributed by atoms with Crippen molar-refractivity contribution in [2.75, 3.05) is 13.1 Å². The molecule has 0 atom stereocenters. The van der Waals surface area contributed by atoms with E-state index < -0.39 is 10.0 Å². The summed E-state index contributed by atoms with van der Waals surface area (Å²) in [5, 5.41) is 0. The molecule has 2 aromatic rings. The minimum atomic E-state index is -3.55. The van der Waals surface area contributed by atoms with Crippen molar-refractivity contribution in [3.8, 4) is 0 Å². The summed E-state index contributed by atoms with van der Waals surface area (Å²) in [5.41, 5.74) is 0.379. The van der Waals surface area contributed by atoms with Crippen LogP contribution in [-0.2, 0) is 21.2 Å². The molecule has 1 amide bonds. The van der Waals surface area contributed by atoms with Crippen LogP contribution < -0.4 is 4.72 Å². The summed E-state index contributed by atoms with van der Waals surface area (Å²) < 4.78 is 41.1. The van der Waals surface area contributed by atoms with E-state index in [1.54, 1.807) is 53.4 Å². The largest absolute Gasteiger partial charge is 0.342 e. The Morgan fingerprint density at radius 1 is 1.04 bits per heavy atom. The van der Waals surface area contributed by atoms with Crippen molar-refractivity contribution in [3.63, 3.8) is 0 Å². The Morgan fingerprint density at radius 3 is 2.31 bits per heavy atom. The number of sulfonamides is 1. The minimum Gasteiger partial charge on any atom is -0.342 e. The summed E-state index contributed by atoms with van der Waals surface area (Å²) in [6.45, 7) is 0.907. The van der Waals surface area contributed by atoms with Gasteiger partial charge in [0.25, 0.3) is 0 Å². The quantitative estimate of drug-likeness (QED) is 0.871. The van der Waals surface area contributed by atoms with Gasteiger partial charge in [-0.05, 0) is 36.6 Å². The second-order valence-electron chi connectivity index (χ2n) is 6.36. The van der Waals surface area contributed by atoms with Crippen LogP contribution in [0, 0.1) is 5.82 Å². The maximum Gasteiger partial charge on any atom is 0.240 e. The van der Waals surface area contributed by atoms with Gasteiger partial charge in [-0.3, -0.25) is 4.79 Å². The van der Waals surface area contributed by atoms with Crippen LogP contribution in [0.25, 0.3) is 0 Å². The van der Waals surface area contributed by atoms with Crippen molar-refractivity contribution < 1.29 is 17.6 Å². The molecule has 1 aliphatic heterocycles. The number of benzene rings is 2. The predicted molar refractivity (Wildman–Crippen MR) is 96.5 cm³/mol. The molecule has 2 aromatic carbocycles. The minimum absolute atomic E-state index is 0.0209. The molecule has 138 valence electrons. The van der Waals surface area contributed by atoms with Gasteiger partial charge in [0.05, 0.1) is 11.3 Å². The molecule has 0 radical (unpaired) electrons. The number of carbonyl (C=O) groups excluding carboxylic acids is 1. The van der Waals surface area contributed by atoms with Gasteiger partial charge >= 0.3 is 0 Å². The third-order valence-electron chi connectivity index (χ3n) is 4.52. The summed E-state index contributed by atoms with van der Waals surface area (Å²) in [4.78, 5) is 14.3. The molecule has 1 fully saturated rings. The lowest BCUT2D eigenvalue weighted by Gasteiger charge is -2.32. The number of halogens is 1. The third-order valence-corrected chi connectivity index (χ3v) is 6.06. The van der Waals surface area contributed by atoms with E-state index >= 15 is 0 Å². The molecule has 0 spiro atoms. The summed E-state index contributed by atoms with van der Waals surface area (Å²) in [6, 6.07) is 14.3. The van der Waals surface area contributed by atoms with Crippen LogP contribution in [-0.4, -0.2) is 38.4 Å². The zero-order valence-corrected chi connectivity index (χ0v) is 15.1. The SMILES string of the molecule is O=C(Cc1ccccc1F)N1CCC(NS(=O)(=O)c2ccccc2)CC1. The standard InChI is InChI=1S/C19H21FN2O3S/c20-18-9-5-4-6-15(18)14-19(23)22-12-10-16(11-13-22)21-26(24,25)17-7-2-1-3-8-17/h1-9,16,21H,10-14H2. The van der Waals surface area contributed by atoms with Crippen LogP contribution in [0.1, 0.15) is 18.4 Å². The first-order valence-corrected chi connectivity index (χ1v) is 10.0. The Morgan fingerprint density at radius 2 is 1.65 bits per heavy atom. The number of piperidine rings is 1. The molecule has 0 aromatic heterocycles. The van der Waals surface area contributed by atoms with Gasteiger partial charge in [-0.15, -0.1) is 0 Å². The van der Waals surface area contributed by atoms with E-state index in [4.69, 9.17) is 0 Å². The van der Waals surface area contributed by atoms with E-state index in [2.05, 4.69) is 4.72 Å². The van der Waals surface area contributed by atoms with E-state index in [0.717, 1.165) is 0 Å². The first kappa shape index (κ1) is 18.5. The predicted octanol–water partition coefficient (Wildman–Crippen LogP) is 2.34. The molecule has 0 saturated carbocycles. The van der Waals surface area contributed by atoms with Crippen LogP contribution in [0.2, 0.25) is 0 Å². The molecule has 1 saturated heterocycles. The number of carbonyl (C=O) groups is 1. The first-order chi connectivity index (χ1) is 12.5. The monoisotopic (exact) mass is 376 g/mol. The van der Waals surface area contributed by atoms with E-state index in [1.807, 2.05) is 0 Å². The average Bonchev–Trinajstić information content (AvgIpc) is 2.64. The molecule has 0 unspecified atom stereocenters. The Bertz CT molecular complexity index is 863. The van der Waals surface area contributed by atoms with Crippen molar-refractivity contribution in [1.82, 2.24) is 9.62 Å². The highest BCUT2D eigenvalue weighted by Crippen LogP contribution is 2.16. The van der Waals surface area contributed by atoms with Gasteiger partial charge in [-0.25, -0.2) is 17.5 Å². The molecule has 1 N–H and O–H groups in total. The fraction of sp³-hybridized carbons (Fsp3) is 0.316. The molecule has 5 nitrogen and oxygen atoms in total. The Balaban J connectivity index is 1.54. The number of hydrogen-bond acceptors (Lipinski definition) is 3. The van der Waals surface area contributed by atoms with E-state index in [9.17, 15) is 17.6 Å². The third kappa shape index (κ3) is 4.47. The lowest BCUT2D eigenvalue weighted by Crippen LogP contribution is -2.46. The zero-order chi connectivity index (χ0) is 18.6. The van der Waals surface area contributed by atoms with Crippen LogP contribution >= 0.6 is 0 Å². The molecule has 0 bridgehead atoms. The molecular formula is C19H21FN2O3S. The van der Waals surface area contributed by atoms with Crippen LogP contribution in [0.15, 0.2) is 59.5 Å². The smallest absolute Gasteiger partial charge is 0.240 e. The van der Waals surface area contributed by atoms with Crippen LogP contribution in [0.3, 0.4) is 0 Å². The van der Waals surface area contributed by atoms with E-state index in [-0.39, 0.29) is 29.1 Å². The molecule has 7 heteroatoms. The molecule has 0 aliphatic carbocycles. The molecule has 26 heavy (non-hydrogen) atoms. The summed E-state index contributed by atoms with van der Waals surface area (Å²) in [5.74, 6) is -0.522. The van der Waals surface area contributed by atoms with Gasteiger partial charge in [-0.2, -0.15) is 0 Å². The molecular weight excluding hydrogens is 355 g/mol. The molecule has 3 rings (SSSR count). The summed E-state index contributed by atoms with van der Waals surface area (Å²) in [7, 11) is -3.55. The molecule has 1 aliphatic rings. The second-order valence-corrected chi connectivity index (χ2v) is 8.07. The number of rotatable bonds is 5. The highest BCUT2D eigenvalue weighted by Gasteiger charge is 2.26. The van der Waals surface area contributed by atoms with Crippen LogP contribution in [0.5, 0.6) is 0 Å². The van der Waals surface area contributed by atoms with Gasteiger partial charge in [-0.1, -0.05) is 36.4 Å². The van der Waals surface area contributed by atoms with Gasteiger partial charge in [0, 0.05) is 19.1 Å². The van der Waals surface area contributed by atoms with Crippen molar-refractivity contribution in [2.45, 2.75) is 30.2 Å². The van der Waals surface area contributed by atoms with Crippen molar-refractivity contribution in [1.29, 1.82) is 0 Å². The summed E-state index contributed by atoms with van der Waals surface area (Å²) >= 11 is 0. The average molecular weight is 376 g/mol. The van der Waals surface area contributed by atoms with Gasteiger partial charge in [0.15, 0.2) is 0 Å². The van der Waals surface area contributed by atoms with Crippen LogP contribution in [0.4, 0.5) is 4.39 Å². The van der Waals surface area contributed by atoms with E-state index in [1.165, 1.54) is 6.07 Å². The number of hydrogen-bond donors (Lipinski definition) is 1. The number of nitrogens with one attached hydrogen (secondary N) is 1. The summed E-state index contributed by atoms with van der Waals surface area (Å²) in [6.07, 6.45) is 1.09. The van der Waals surface area contributed by atoms with Crippen molar-refractivity contribution in [3.05, 3.63) is 66.0 Å². The second kappa shape index (κ2) is 7.97. The van der Waals surface area contributed by atoms with Crippen molar-refractivity contribution in [2.24, 2.45) is 0 Å². The fourth-order valence-electron chi connectivity index (χ4n) is 3.05. The zero-order valence-electron chi connectivity index (χ0n) is 14.3. The maximum absolute atomic E-state index is 13.7. The van der Waals surface area contributed by atoms with Gasteiger partial charge < -0.3 is 4.90 Å². The highest BCUT2D eigenvalue weighted by atomic mass is 32.2. The lowest BCUT2D eigenvalue weighted by molar-refractivity contribution is -0.131. The van der Waals surface area contributed by atoms with Crippen molar-refractivity contribution >= 4 is 15.9 Å². The number of likely N-dealkylation sites (tertiary alicyclic amines) is 1. The maximum atomic E-state index is 13.7. The van der Waals surface area contributed by atoms with E-state index in [0.29, 0.717) is 31.5 Å². The highest BCUT2D eigenvalue weighted by molar-refractivity contribution is 7.89. The van der Waals surface area contributed by atoms with Gasteiger partial charge in [0.1, 0.15) is 5.82 Å². The Hall–Kier alpha value is -2.25. The Labute approximate surface area is 152 Å². The molecule has 1 heterocycles. The van der Waals surface area contributed by atoms with Gasteiger partial charge in [0.2, 0.25) is 15.9 Å². The Kier molecular flexibility index (Phi) is 5.68. The topological polar surface area (TPSA) is 66.5 Å². The fourth-order valence-corrected chi connectivity index (χ4v) is 4.38. The normalized spacial score (nSPS) is 15.8.